The van der Waals surface area contributed by atoms with Crippen LogP contribution in [0.4, 0.5) is 4.39 Å². The van der Waals surface area contributed by atoms with Gasteiger partial charge >= 0.3 is 0 Å². The molecule has 0 aliphatic carbocycles. The van der Waals surface area contributed by atoms with E-state index in [0.29, 0.717) is 12.0 Å². The highest BCUT2D eigenvalue weighted by atomic mass is 35.5. The lowest BCUT2D eigenvalue weighted by molar-refractivity contribution is 0.0932. The molecule has 0 bridgehead atoms. The fourth-order valence-corrected chi connectivity index (χ4v) is 4.18. The molecule has 1 aliphatic heterocycles. The molecule has 1 saturated heterocycles. The van der Waals surface area contributed by atoms with Gasteiger partial charge in [-0.1, -0.05) is 29.8 Å². The van der Waals surface area contributed by atoms with Crippen molar-refractivity contribution in [3.8, 4) is 0 Å². The van der Waals surface area contributed by atoms with Crippen LogP contribution in [0.2, 0.25) is 5.02 Å². The number of nitrogens with one attached hydrogen (secondary N) is 3. The van der Waals surface area contributed by atoms with Gasteiger partial charge in [-0.05, 0) is 43.7 Å². The summed E-state index contributed by atoms with van der Waals surface area (Å²) in [5, 5.41) is 4.11. The number of nitrogens with zero attached hydrogens (tertiary/aromatic N) is 1. The molecule has 1 fully saturated rings. The molecule has 0 radical (unpaired) electrons. The van der Waals surface area contributed by atoms with Gasteiger partial charge in [0.25, 0.3) is 5.91 Å². The first-order chi connectivity index (χ1) is 13.5. The fraction of sp³-hybridized carbons (Fsp3) is 0.286. The van der Waals surface area contributed by atoms with Gasteiger partial charge < -0.3 is 9.88 Å². The zero-order chi connectivity index (χ0) is 19.8. The number of benzene rings is 2. The number of fused-ring (bicyclic) bond motifs is 1. The second-order valence-corrected chi connectivity index (χ2v) is 7.41. The van der Waals surface area contributed by atoms with Gasteiger partial charge in [0, 0.05) is 35.1 Å². The number of hydrogen-bond donors (Lipinski definition) is 3. The Morgan fingerprint density at radius 1 is 1.29 bits per heavy atom. The maximum absolute atomic E-state index is 13.3. The molecule has 28 heavy (non-hydrogen) atoms. The first-order valence-corrected chi connectivity index (χ1v) is 9.72. The molecule has 2 unspecified atom stereocenters. The number of para-hydroxylation sites is 1. The number of halogens is 2. The van der Waals surface area contributed by atoms with Gasteiger partial charge in [-0.3, -0.25) is 4.79 Å². The second-order valence-electron chi connectivity index (χ2n) is 7.00. The van der Waals surface area contributed by atoms with Gasteiger partial charge in [-0.2, -0.15) is 0 Å². The summed E-state index contributed by atoms with van der Waals surface area (Å²) >= 11 is 5.78. The molecule has 0 spiro atoms. The van der Waals surface area contributed by atoms with Crippen LogP contribution in [0.25, 0.3) is 10.9 Å². The summed E-state index contributed by atoms with van der Waals surface area (Å²) < 4.78 is 15.6. The summed E-state index contributed by atoms with van der Waals surface area (Å²) in [7, 11) is 0. The van der Waals surface area contributed by atoms with Crippen LogP contribution in [0, 0.1) is 12.7 Å². The summed E-state index contributed by atoms with van der Waals surface area (Å²) in [6.45, 7) is 5.14. The molecule has 1 aliphatic rings. The van der Waals surface area contributed by atoms with E-state index in [4.69, 9.17) is 11.6 Å². The summed E-state index contributed by atoms with van der Waals surface area (Å²) in [6, 6.07) is 12.4. The van der Waals surface area contributed by atoms with Crippen LogP contribution >= 0.6 is 11.6 Å². The molecule has 5 nitrogen and oxygen atoms in total. The van der Waals surface area contributed by atoms with Crippen molar-refractivity contribution in [1.29, 1.82) is 0 Å². The van der Waals surface area contributed by atoms with E-state index < -0.39 is 5.82 Å². The lowest BCUT2D eigenvalue weighted by atomic mass is 10.1. The molecule has 4 rings (SSSR count). The molecule has 3 aromatic rings. The van der Waals surface area contributed by atoms with Crippen LogP contribution in [0.5, 0.6) is 0 Å². The quantitative estimate of drug-likeness (QED) is 0.619. The predicted molar refractivity (Wildman–Crippen MR) is 109 cm³/mol. The van der Waals surface area contributed by atoms with E-state index >= 15 is 0 Å². The Labute approximate surface area is 167 Å². The van der Waals surface area contributed by atoms with Crippen LogP contribution in [0.1, 0.15) is 41.0 Å². The maximum atomic E-state index is 13.3. The third-order valence-corrected chi connectivity index (χ3v) is 5.60. The lowest BCUT2D eigenvalue weighted by Gasteiger charge is -2.15. The molecule has 2 heterocycles. The number of aromatic nitrogens is 1. The van der Waals surface area contributed by atoms with Crippen LogP contribution in [0.15, 0.2) is 42.5 Å². The Kier molecular flexibility index (Phi) is 5.10. The normalized spacial score (nSPS) is 19.3. The van der Waals surface area contributed by atoms with Crippen LogP contribution in [-0.4, -0.2) is 16.6 Å². The van der Waals surface area contributed by atoms with Gasteiger partial charge in [-0.15, -0.1) is 0 Å². The first kappa shape index (κ1) is 18.9. The Bertz CT molecular complexity index is 1050. The molecule has 1 aromatic heterocycles. The molecule has 0 saturated carbocycles. The number of rotatable bonds is 4. The highest BCUT2D eigenvalue weighted by molar-refractivity contribution is 6.31. The number of aryl methyl sites for hydroxylation is 2. The topological polar surface area (TPSA) is 58.1 Å². The fourth-order valence-electron chi connectivity index (χ4n) is 4.00. The summed E-state index contributed by atoms with van der Waals surface area (Å²) in [5.41, 5.74) is 10.5. The van der Waals surface area contributed by atoms with Crippen molar-refractivity contribution in [2.75, 3.05) is 0 Å². The zero-order valence-electron chi connectivity index (χ0n) is 15.7. The summed E-state index contributed by atoms with van der Waals surface area (Å²) in [5.74, 6) is -0.837. The Morgan fingerprint density at radius 2 is 2.07 bits per heavy atom. The standard InChI is InChI=1S/C21H22ClFN4O/c1-3-27-18-7-5-4-6-14(18)12(2)20(27)17-11-19(26-25-17)24-21(28)13-8-9-16(23)15(22)10-13/h4-10,17,19,25-26H,3,11H2,1-2H3,(H,24,28). The van der Waals surface area contributed by atoms with E-state index in [0.717, 1.165) is 6.54 Å². The van der Waals surface area contributed by atoms with E-state index in [1.165, 1.54) is 40.4 Å². The molecule has 7 heteroatoms. The van der Waals surface area contributed by atoms with E-state index in [1.807, 2.05) is 0 Å². The third-order valence-electron chi connectivity index (χ3n) is 5.31. The third kappa shape index (κ3) is 3.28. The highest BCUT2D eigenvalue weighted by Crippen LogP contribution is 2.32. The van der Waals surface area contributed by atoms with Crippen molar-refractivity contribution in [1.82, 2.24) is 20.7 Å². The number of hydrogen-bond acceptors (Lipinski definition) is 3. The number of hydrazine groups is 1. The molecule has 3 N–H and O–H groups in total. The lowest BCUT2D eigenvalue weighted by Crippen LogP contribution is -2.44. The maximum Gasteiger partial charge on any atom is 0.252 e. The van der Waals surface area contributed by atoms with Crippen molar-refractivity contribution < 1.29 is 9.18 Å². The van der Waals surface area contributed by atoms with Crippen LogP contribution < -0.4 is 16.2 Å². The smallest absolute Gasteiger partial charge is 0.252 e. The van der Waals surface area contributed by atoms with Gasteiger partial charge in [0.05, 0.1) is 17.2 Å². The molecule has 2 atom stereocenters. The van der Waals surface area contributed by atoms with Crippen LogP contribution in [0.3, 0.4) is 0 Å². The molecule has 2 aromatic carbocycles. The summed E-state index contributed by atoms with van der Waals surface area (Å²) in [4.78, 5) is 12.5. The molecular weight excluding hydrogens is 379 g/mol. The molecule has 146 valence electrons. The SMILES string of the molecule is CCn1c(C2CC(NC(=O)c3ccc(F)c(Cl)c3)NN2)c(C)c2ccccc21. The average Bonchev–Trinajstić information content (AvgIpc) is 3.26. The van der Waals surface area contributed by atoms with Crippen molar-refractivity contribution in [3.63, 3.8) is 0 Å². The van der Waals surface area contributed by atoms with E-state index in [-0.39, 0.29) is 23.1 Å². The number of amides is 1. The van der Waals surface area contributed by atoms with Crippen molar-refractivity contribution >= 4 is 28.4 Å². The van der Waals surface area contributed by atoms with Gasteiger partial charge in [0.1, 0.15) is 5.82 Å². The van der Waals surface area contributed by atoms with Gasteiger partial charge in [0.2, 0.25) is 0 Å². The van der Waals surface area contributed by atoms with Crippen molar-refractivity contribution in [3.05, 3.63) is 70.1 Å². The Balaban J connectivity index is 1.53. The van der Waals surface area contributed by atoms with Crippen LogP contribution in [-0.2, 0) is 6.54 Å². The second kappa shape index (κ2) is 7.54. The van der Waals surface area contributed by atoms with Crippen molar-refractivity contribution in [2.45, 2.75) is 39.0 Å². The highest BCUT2D eigenvalue weighted by Gasteiger charge is 2.30. The molecular formula is C21H22ClFN4O. The number of carbonyl (C=O) groups is 1. The van der Waals surface area contributed by atoms with E-state index in [1.54, 1.807) is 0 Å². The van der Waals surface area contributed by atoms with E-state index in [9.17, 15) is 9.18 Å². The molecule has 1 amide bonds. The zero-order valence-corrected chi connectivity index (χ0v) is 16.5. The monoisotopic (exact) mass is 400 g/mol. The van der Waals surface area contributed by atoms with Crippen molar-refractivity contribution in [2.24, 2.45) is 0 Å². The minimum atomic E-state index is -0.540. The number of carbonyl (C=O) groups excluding carboxylic acids is 1. The largest absolute Gasteiger partial charge is 0.343 e. The minimum absolute atomic E-state index is 0.0638. The average molecular weight is 401 g/mol. The summed E-state index contributed by atoms with van der Waals surface area (Å²) in [6.07, 6.45) is 0.446. The Morgan fingerprint density at radius 3 is 2.82 bits per heavy atom. The predicted octanol–water partition coefficient (Wildman–Crippen LogP) is 4.06. The van der Waals surface area contributed by atoms with Gasteiger partial charge in [0.15, 0.2) is 0 Å². The van der Waals surface area contributed by atoms with Gasteiger partial charge in [-0.25, -0.2) is 15.2 Å². The minimum Gasteiger partial charge on any atom is -0.343 e. The Hall–Kier alpha value is -2.41. The first-order valence-electron chi connectivity index (χ1n) is 9.34. The van der Waals surface area contributed by atoms with E-state index in [2.05, 4.69) is 58.8 Å².